The number of carbonyl (C=O) groups is 1. The molecule has 25 heavy (non-hydrogen) atoms. The van der Waals surface area contributed by atoms with Gasteiger partial charge >= 0.3 is 0 Å². The fourth-order valence-corrected chi connectivity index (χ4v) is 2.34. The van der Waals surface area contributed by atoms with Gasteiger partial charge in [-0.25, -0.2) is 0 Å². The Hall–Kier alpha value is -3.15. The smallest absolute Gasteiger partial charge is 0.264 e. The fourth-order valence-electron chi connectivity index (χ4n) is 2.34. The largest absolute Gasteiger partial charge is 0.493 e. The van der Waals surface area contributed by atoms with Crippen molar-refractivity contribution in [2.24, 2.45) is 0 Å². The lowest BCUT2D eigenvalue weighted by atomic mass is 10.1. The summed E-state index contributed by atoms with van der Waals surface area (Å²) in [5.41, 5.74) is 2.65. The lowest BCUT2D eigenvalue weighted by Crippen LogP contribution is -1.98. The predicted octanol–water partition coefficient (Wildman–Crippen LogP) is 3.70. The number of carbonyl (C=O) groups excluding carboxylic acids is 1. The zero-order chi connectivity index (χ0) is 17.6. The molecule has 128 valence electrons. The van der Waals surface area contributed by atoms with Crippen molar-refractivity contribution in [1.29, 1.82) is 0 Å². The SMILES string of the molecule is CCc1ccc(-c2noc(COc3ccc(C=O)cc3OC)n2)cc1. The van der Waals surface area contributed by atoms with E-state index in [4.69, 9.17) is 14.0 Å². The first-order valence-corrected chi connectivity index (χ1v) is 7.91. The van der Waals surface area contributed by atoms with Crippen molar-refractivity contribution >= 4 is 6.29 Å². The molecule has 0 aliphatic heterocycles. The molecule has 0 radical (unpaired) electrons. The average molecular weight is 338 g/mol. The number of aryl methyl sites for hydroxylation is 1. The monoisotopic (exact) mass is 338 g/mol. The van der Waals surface area contributed by atoms with Gasteiger partial charge in [-0.05, 0) is 30.2 Å². The number of nitrogens with zero attached hydrogens (tertiary/aromatic N) is 2. The molecule has 0 aliphatic rings. The van der Waals surface area contributed by atoms with Crippen LogP contribution in [0.3, 0.4) is 0 Å². The molecule has 0 unspecified atom stereocenters. The second kappa shape index (κ2) is 7.61. The summed E-state index contributed by atoms with van der Waals surface area (Å²) in [6.45, 7) is 2.21. The van der Waals surface area contributed by atoms with E-state index in [-0.39, 0.29) is 6.61 Å². The van der Waals surface area contributed by atoms with Crippen molar-refractivity contribution in [3.63, 3.8) is 0 Å². The van der Waals surface area contributed by atoms with Gasteiger partial charge in [0.1, 0.15) is 6.29 Å². The van der Waals surface area contributed by atoms with E-state index in [2.05, 4.69) is 17.1 Å². The summed E-state index contributed by atoms with van der Waals surface area (Å²) in [4.78, 5) is 15.2. The number of hydrogen-bond acceptors (Lipinski definition) is 6. The van der Waals surface area contributed by atoms with Crippen molar-refractivity contribution < 1.29 is 18.8 Å². The molecule has 3 rings (SSSR count). The molecule has 0 spiro atoms. The maximum absolute atomic E-state index is 10.8. The number of ether oxygens (including phenoxy) is 2. The molecule has 2 aromatic carbocycles. The number of rotatable bonds is 7. The molecule has 0 bridgehead atoms. The number of methoxy groups -OCH3 is 1. The van der Waals surface area contributed by atoms with Crippen LogP contribution in [0.2, 0.25) is 0 Å². The Kier molecular flexibility index (Phi) is 5.09. The Labute approximate surface area is 145 Å². The van der Waals surface area contributed by atoms with E-state index in [1.54, 1.807) is 18.2 Å². The zero-order valence-electron chi connectivity index (χ0n) is 14.1. The van der Waals surface area contributed by atoms with Crippen LogP contribution in [0.4, 0.5) is 0 Å². The minimum absolute atomic E-state index is 0.108. The highest BCUT2D eigenvalue weighted by molar-refractivity contribution is 5.76. The summed E-state index contributed by atoms with van der Waals surface area (Å²) >= 11 is 0. The maximum atomic E-state index is 10.8. The second-order valence-corrected chi connectivity index (χ2v) is 5.38. The third-order valence-corrected chi connectivity index (χ3v) is 3.76. The summed E-state index contributed by atoms with van der Waals surface area (Å²) in [6.07, 6.45) is 1.73. The summed E-state index contributed by atoms with van der Waals surface area (Å²) in [5, 5.41) is 3.98. The van der Waals surface area contributed by atoms with Crippen LogP contribution in [-0.4, -0.2) is 23.5 Å². The molecular weight excluding hydrogens is 320 g/mol. The van der Waals surface area contributed by atoms with Crippen LogP contribution in [0.5, 0.6) is 11.5 Å². The van der Waals surface area contributed by atoms with Crippen LogP contribution in [0, 0.1) is 0 Å². The minimum atomic E-state index is 0.108. The maximum Gasteiger partial charge on any atom is 0.264 e. The third kappa shape index (κ3) is 3.85. The molecule has 0 atom stereocenters. The van der Waals surface area contributed by atoms with Crippen molar-refractivity contribution in [3.05, 3.63) is 59.5 Å². The standard InChI is InChI=1S/C19H18N2O4/c1-3-13-4-7-15(8-5-13)19-20-18(25-21-19)12-24-16-9-6-14(11-22)10-17(16)23-2/h4-11H,3,12H2,1-2H3. The van der Waals surface area contributed by atoms with Crippen LogP contribution < -0.4 is 9.47 Å². The van der Waals surface area contributed by atoms with Gasteiger partial charge in [-0.1, -0.05) is 36.3 Å². The molecule has 1 heterocycles. The molecule has 6 heteroatoms. The van der Waals surface area contributed by atoms with Gasteiger partial charge in [0.05, 0.1) is 7.11 Å². The Morgan fingerprint density at radius 1 is 1.12 bits per heavy atom. The first-order chi connectivity index (χ1) is 12.2. The highest BCUT2D eigenvalue weighted by atomic mass is 16.5. The molecule has 0 saturated heterocycles. The predicted molar refractivity (Wildman–Crippen MR) is 91.8 cm³/mol. The van der Waals surface area contributed by atoms with Crippen molar-refractivity contribution in [3.8, 4) is 22.9 Å². The van der Waals surface area contributed by atoms with E-state index in [1.807, 2.05) is 24.3 Å². The Bertz CT molecular complexity index is 856. The number of aldehydes is 1. The second-order valence-electron chi connectivity index (χ2n) is 5.38. The Balaban J connectivity index is 1.70. The topological polar surface area (TPSA) is 74.5 Å². The van der Waals surface area contributed by atoms with Crippen molar-refractivity contribution in [2.45, 2.75) is 20.0 Å². The first-order valence-electron chi connectivity index (χ1n) is 7.91. The van der Waals surface area contributed by atoms with Crippen molar-refractivity contribution in [1.82, 2.24) is 10.1 Å². The van der Waals surface area contributed by atoms with Crippen LogP contribution in [-0.2, 0) is 13.0 Å². The van der Waals surface area contributed by atoms with Crippen LogP contribution in [0.25, 0.3) is 11.4 Å². The normalized spacial score (nSPS) is 10.5. The van der Waals surface area contributed by atoms with Gasteiger partial charge in [-0.2, -0.15) is 4.98 Å². The zero-order valence-corrected chi connectivity index (χ0v) is 14.1. The van der Waals surface area contributed by atoms with Crippen LogP contribution >= 0.6 is 0 Å². The quantitative estimate of drug-likeness (QED) is 0.612. The molecular formula is C19H18N2O4. The summed E-state index contributed by atoms with van der Waals surface area (Å²) in [5.74, 6) is 1.85. The van der Waals surface area contributed by atoms with Gasteiger partial charge in [0, 0.05) is 11.1 Å². The van der Waals surface area contributed by atoms with Gasteiger partial charge in [-0.15, -0.1) is 0 Å². The van der Waals surface area contributed by atoms with Crippen molar-refractivity contribution in [2.75, 3.05) is 7.11 Å². The van der Waals surface area contributed by atoms with E-state index in [0.717, 1.165) is 18.3 Å². The number of hydrogen-bond donors (Lipinski definition) is 0. The van der Waals surface area contributed by atoms with Crippen LogP contribution in [0.15, 0.2) is 47.0 Å². The van der Waals surface area contributed by atoms with E-state index < -0.39 is 0 Å². The van der Waals surface area contributed by atoms with E-state index >= 15 is 0 Å². The third-order valence-electron chi connectivity index (χ3n) is 3.76. The first kappa shape index (κ1) is 16.7. The van der Waals surface area contributed by atoms with Gasteiger partial charge in [0.25, 0.3) is 5.89 Å². The molecule has 0 fully saturated rings. The van der Waals surface area contributed by atoms with E-state index in [1.165, 1.54) is 12.7 Å². The Morgan fingerprint density at radius 2 is 1.92 bits per heavy atom. The summed E-state index contributed by atoms with van der Waals surface area (Å²) in [7, 11) is 1.52. The fraction of sp³-hybridized carbons (Fsp3) is 0.211. The molecule has 3 aromatic rings. The van der Waals surface area contributed by atoms with Gasteiger partial charge in [-0.3, -0.25) is 4.79 Å². The molecule has 0 saturated carbocycles. The van der Waals surface area contributed by atoms with Gasteiger partial charge in [0.2, 0.25) is 5.82 Å². The lowest BCUT2D eigenvalue weighted by molar-refractivity contribution is 0.112. The Morgan fingerprint density at radius 3 is 2.60 bits per heavy atom. The van der Waals surface area contributed by atoms with Gasteiger partial charge < -0.3 is 14.0 Å². The number of aromatic nitrogens is 2. The summed E-state index contributed by atoms with van der Waals surface area (Å²) < 4.78 is 16.1. The van der Waals surface area contributed by atoms with Gasteiger partial charge in [0.15, 0.2) is 18.1 Å². The molecule has 0 amide bonds. The van der Waals surface area contributed by atoms with Crippen LogP contribution in [0.1, 0.15) is 28.7 Å². The molecule has 0 aliphatic carbocycles. The molecule has 0 N–H and O–H groups in total. The summed E-state index contributed by atoms with van der Waals surface area (Å²) in [6, 6.07) is 13.0. The number of benzene rings is 2. The molecule has 6 nitrogen and oxygen atoms in total. The van der Waals surface area contributed by atoms with E-state index in [0.29, 0.717) is 28.8 Å². The minimum Gasteiger partial charge on any atom is -0.493 e. The highest BCUT2D eigenvalue weighted by Gasteiger charge is 2.11. The van der Waals surface area contributed by atoms with E-state index in [9.17, 15) is 4.79 Å². The average Bonchev–Trinajstić information content (AvgIpc) is 3.15. The highest BCUT2D eigenvalue weighted by Crippen LogP contribution is 2.28. The molecule has 1 aromatic heterocycles. The lowest BCUT2D eigenvalue weighted by Gasteiger charge is -2.09.